The first kappa shape index (κ1) is 17.1. The summed E-state index contributed by atoms with van der Waals surface area (Å²) in [6.07, 6.45) is 1.08. The van der Waals surface area contributed by atoms with Crippen LogP contribution in [0.15, 0.2) is 42.5 Å². The highest BCUT2D eigenvalue weighted by Gasteiger charge is 2.12. The lowest BCUT2D eigenvalue weighted by Gasteiger charge is -2.19. The van der Waals surface area contributed by atoms with Gasteiger partial charge in [0.15, 0.2) is 11.5 Å². The van der Waals surface area contributed by atoms with Crippen molar-refractivity contribution < 1.29 is 19.0 Å². The highest BCUT2D eigenvalue weighted by Crippen LogP contribution is 2.30. The van der Waals surface area contributed by atoms with Crippen molar-refractivity contribution >= 4 is 5.91 Å². The van der Waals surface area contributed by atoms with E-state index in [-0.39, 0.29) is 5.91 Å². The summed E-state index contributed by atoms with van der Waals surface area (Å²) in [6.45, 7) is 4.18. The van der Waals surface area contributed by atoms with E-state index in [1.54, 1.807) is 0 Å². The molecule has 0 radical (unpaired) electrons. The second kappa shape index (κ2) is 8.42. The molecule has 0 aliphatic carbocycles. The summed E-state index contributed by atoms with van der Waals surface area (Å²) in [5, 5.41) is 2.95. The van der Waals surface area contributed by atoms with Crippen molar-refractivity contribution in [2.45, 2.75) is 26.3 Å². The largest absolute Gasteiger partial charge is 0.494 e. The summed E-state index contributed by atoms with van der Waals surface area (Å²) in [7, 11) is 0. The molecule has 0 atom stereocenters. The third kappa shape index (κ3) is 4.66. The van der Waals surface area contributed by atoms with E-state index in [1.165, 1.54) is 0 Å². The minimum Gasteiger partial charge on any atom is -0.494 e. The standard InChI is InChI=1S/C20H23NO4/c1-2-23-17-6-4-3-5-16(17)8-10-20(22)21-14-15-7-9-18-19(13-15)25-12-11-24-18/h3-7,9,13H,2,8,10-12,14H2,1H3,(H,21,22). The first-order valence-corrected chi connectivity index (χ1v) is 8.62. The van der Waals surface area contributed by atoms with Gasteiger partial charge in [0, 0.05) is 13.0 Å². The molecular weight excluding hydrogens is 318 g/mol. The van der Waals surface area contributed by atoms with E-state index in [1.807, 2.05) is 49.4 Å². The van der Waals surface area contributed by atoms with Gasteiger partial charge in [0.25, 0.3) is 0 Å². The molecule has 25 heavy (non-hydrogen) atoms. The van der Waals surface area contributed by atoms with Crippen LogP contribution in [-0.2, 0) is 17.8 Å². The van der Waals surface area contributed by atoms with Crippen LogP contribution < -0.4 is 19.5 Å². The van der Waals surface area contributed by atoms with Crippen molar-refractivity contribution in [3.63, 3.8) is 0 Å². The predicted molar refractivity (Wildman–Crippen MR) is 95.2 cm³/mol. The van der Waals surface area contributed by atoms with E-state index in [2.05, 4.69) is 5.32 Å². The van der Waals surface area contributed by atoms with Gasteiger partial charge < -0.3 is 19.5 Å². The molecule has 5 heteroatoms. The fraction of sp³-hybridized carbons (Fsp3) is 0.350. The Labute approximate surface area is 147 Å². The SMILES string of the molecule is CCOc1ccccc1CCC(=O)NCc1ccc2c(c1)OCCO2. The first-order chi connectivity index (χ1) is 12.3. The number of para-hydroxylation sites is 1. The van der Waals surface area contributed by atoms with Crippen LogP contribution in [0, 0.1) is 0 Å². The van der Waals surface area contributed by atoms with Crippen molar-refractivity contribution in [1.29, 1.82) is 0 Å². The summed E-state index contributed by atoms with van der Waals surface area (Å²) in [6, 6.07) is 13.6. The number of rotatable bonds is 7. The Morgan fingerprint density at radius 3 is 2.76 bits per heavy atom. The van der Waals surface area contributed by atoms with Crippen molar-refractivity contribution in [2.24, 2.45) is 0 Å². The summed E-state index contributed by atoms with van der Waals surface area (Å²) in [5.74, 6) is 2.36. The van der Waals surface area contributed by atoms with Crippen LogP contribution >= 0.6 is 0 Å². The average molecular weight is 341 g/mol. The minimum absolute atomic E-state index is 0.0150. The Bertz CT molecular complexity index is 729. The molecule has 1 amide bonds. The highest BCUT2D eigenvalue weighted by molar-refractivity contribution is 5.76. The molecule has 1 aliphatic heterocycles. The van der Waals surface area contributed by atoms with Gasteiger partial charge >= 0.3 is 0 Å². The number of carbonyl (C=O) groups is 1. The molecule has 1 heterocycles. The zero-order valence-corrected chi connectivity index (χ0v) is 14.4. The molecule has 3 rings (SSSR count). The molecule has 0 bridgehead atoms. The lowest BCUT2D eigenvalue weighted by Crippen LogP contribution is -2.23. The number of carbonyl (C=O) groups excluding carboxylic acids is 1. The fourth-order valence-corrected chi connectivity index (χ4v) is 2.74. The summed E-state index contributed by atoms with van der Waals surface area (Å²) in [4.78, 5) is 12.1. The molecule has 2 aromatic rings. The van der Waals surface area contributed by atoms with Gasteiger partial charge in [-0.05, 0) is 42.7 Å². The Morgan fingerprint density at radius 1 is 1.12 bits per heavy atom. The van der Waals surface area contributed by atoms with Gasteiger partial charge in [0.2, 0.25) is 5.91 Å². The second-order valence-corrected chi connectivity index (χ2v) is 5.80. The van der Waals surface area contributed by atoms with E-state index < -0.39 is 0 Å². The van der Waals surface area contributed by atoms with E-state index >= 15 is 0 Å². The first-order valence-electron chi connectivity index (χ1n) is 8.62. The number of aryl methyl sites for hydroxylation is 1. The molecule has 0 saturated heterocycles. The summed E-state index contributed by atoms with van der Waals surface area (Å²) in [5.41, 5.74) is 2.05. The topological polar surface area (TPSA) is 56.8 Å². The van der Waals surface area contributed by atoms with Crippen molar-refractivity contribution in [3.05, 3.63) is 53.6 Å². The van der Waals surface area contributed by atoms with Crippen LogP contribution in [0.4, 0.5) is 0 Å². The smallest absolute Gasteiger partial charge is 0.220 e. The van der Waals surface area contributed by atoms with Gasteiger partial charge in [0.1, 0.15) is 19.0 Å². The van der Waals surface area contributed by atoms with Crippen LogP contribution in [0.5, 0.6) is 17.2 Å². The van der Waals surface area contributed by atoms with Gasteiger partial charge in [-0.15, -0.1) is 0 Å². The Kier molecular flexibility index (Phi) is 5.77. The average Bonchev–Trinajstić information content (AvgIpc) is 2.66. The Balaban J connectivity index is 1.50. The molecule has 132 valence electrons. The lowest BCUT2D eigenvalue weighted by molar-refractivity contribution is -0.121. The van der Waals surface area contributed by atoms with Crippen LogP contribution in [0.3, 0.4) is 0 Å². The number of hydrogen-bond acceptors (Lipinski definition) is 4. The summed E-state index contributed by atoms with van der Waals surface area (Å²) >= 11 is 0. The second-order valence-electron chi connectivity index (χ2n) is 5.80. The molecule has 0 fully saturated rings. The molecule has 0 saturated carbocycles. The molecule has 2 aromatic carbocycles. The number of nitrogens with one attached hydrogen (secondary N) is 1. The van der Waals surface area contributed by atoms with Gasteiger partial charge in [-0.3, -0.25) is 4.79 Å². The Hall–Kier alpha value is -2.69. The predicted octanol–water partition coefficient (Wildman–Crippen LogP) is 3.11. The normalized spacial score (nSPS) is 12.5. The van der Waals surface area contributed by atoms with E-state index in [9.17, 15) is 4.79 Å². The third-order valence-corrected chi connectivity index (χ3v) is 3.99. The van der Waals surface area contributed by atoms with Crippen LogP contribution in [0.25, 0.3) is 0 Å². The monoisotopic (exact) mass is 341 g/mol. The maximum atomic E-state index is 12.1. The third-order valence-electron chi connectivity index (χ3n) is 3.99. The van der Waals surface area contributed by atoms with E-state index in [0.717, 1.165) is 28.4 Å². The zero-order chi connectivity index (χ0) is 17.5. The van der Waals surface area contributed by atoms with Crippen molar-refractivity contribution in [1.82, 2.24) is 5.32 Å². The zero-order valence-electron chi connectivity index (χ0n) is 14.4. The maximum Gasteiger partial charge on any atom is 0.220 e. The van der Waals surface area contributed by atoms with Crippen molar-refractivity contribution in [3.8, 4) is 17.2 Å². The lowest BCUT2D eigenvalue weighted by atomic mass is 10.1. The molecule has 0 unspecified atom stereocenters. The van der Waals surface area contributed by atoms with Gasteiger partial charge in [0.05, 0.1) is 6.61 Å². The van der Waals surface area contributed by atoms with E-state index in [0.29, 0.717) is 39.2 Å². The molecule has 0 spiro atoms. The Morgan fingerprint density at radius 2 is 1.92 bits per heavy atom. The molecule has 1 aliphatic rings. The van der Waals surface area contributed by atoms with Crippen LogP contribution in [0.1, 0.15) is 24.5 Å². The van der Waals surface area contributed by atoms with Crippen molar-refractivity contribution in [2.75, 3.05) is 19.8 Å². The van der Waals surface area contributed by atoms with Gasteiger partial charge in [-0.2, -0.15) is 0 Å². The van der Waals surface area contributed by atoms with Crippen LogP contribution in [0.2, 0.25) is 0 Å². The van der Waals surface area contributed by atoms with Gasteiger partial charge in [-0.25, -0.2) is 0 Å². The number of fused-ring (bicyclic) bond motifs is 1. The van der Waals surface area contributed by atoms with E-state index in [4.69, 9.17) is 14.2 Å². The molecule has 5 nitrogen and oxygen atoms in total. The van der Waals surface area contributed by atoms with Crippen LogP contribution in [-0.4, -0.2) is 25.7 Å². The fourth-order valence-electron chi connectivity index (χ4n) is 2.74. The van der Waals surface area contributed by atoms with Gasteiger partial charge in [-0.1, -0.05) is 24.3 Å². The number of benzene rings is 2. The molecule has 1 N–H and O–H groups in total. The maximum absolute atomic E-state index is 12.1. The quantitative estimate of drug-likeness (QED) is 0.841. The number of amides is 1. The molecule has 0 aromatic heterocycles. The minimum atomic E-state index is 0.0150. The summed E-state index contributed by atoms with van der Waals surface area (Å²) < 4.78 is 16.7. The number of ether oxygens (including phenoxy) is 3. The number of hydrogen-bond donors (Lipinski definition) is 1. The highest BCUT2D eigenvalue weighted by atomic mass is 16.6. The molecular formula is C20H23NO4.